The monoisotopic (exact) mass is 246 g/mol. The van der Waals surface area contributed by atoms with Gasteiger partial charge in [0.1, 0.15) is 5.69 Å². The van der Waals surface area contributed by atoms with Gasteiger partial charge >= 0.3 is 0 Å². The van der Waals surface area contributed by atoms with Crippen molar-refractivity contribution in [1.82, 2.24) is 15.1 Å². The van der Waals surface area contributed by atoms with E-state index in [1.807, 2.05) is 45.9 Å². The summed E-state index contributed by atoms with van der Waals surface area (Å²) in [6.07, 6.45) is 0. The molecule has 0 amide bonds. The van der Waals surface area contributed by atoms with Crippen LogP contribution in [0.15, 0.2) is 22.7 Å². The summed E-state index contributed by atoms with van der Waals surface area (Å²) in [5.74, 6) is 0.925. The van der Waals surface area contributed by atoms with Crippen molar-refractivity contribution in [1.29, 1.82) is 0 Å². The van der Waals surface area contributed by atoms with Crippen LogP contribution in [0.25, 0.3) is 11.5 Å². The number of hydrogen-bond acceptors (Lipinski definition) is 5. The van der Waals surface area contributed by atoms with Gasteiger partial charge in [-0.2, -0.15) is 4.98 Å². The van der Waals surface area contributed by atoms with E-state index in [0.29, 0.717) is 17.4 Å². The smallest absolute Gasteiger partial charge is 0.244 e. The molecule has 1 atom stereocenters. The van der Waals surface area contributed by atoms with Crippen LogP contribution in [0.2, 0.25) is 0 Å². The van der Waals surface area contributed by atoms with Gasteiger partial charge in [0, 0.05) is 5.69 Å². The molecule has 2 N–H and O–H groups in total. The van der Waals surface area contributed by atoms with Crippen LogP contribution in [0.5, 0.6) is 0 Å². The first-order chi connectivity index (χ1) is 8.38. The lowest BCUT2D eigenvalue weighted by Gasteiger charge is -2.23. The standard InChI is InChI=1S/C13H18N4O/c1-8-6-5-7-9(15-8)11-16-12(18-17-11)10(14)13(2,3)4/h5-7,10H,14H2,1-4H3/t10-/m1/s1. The minimum atomic E-state index is -0.288. The Balaban J connectivity index is 2.31. The van der Waals surface area contributed by atoms with E-state index in [1.54, 1.807) is 0 Å². The Morgan fingerprint density at radius 1 is 1.22 bits per heavy atom. The van der Waals surface area contributed by atoms with Gasteiger partial charge in [-0.3, -0.25) is 0 Å². The van der Waals surface area contributed by atoms with Gasteiger partial charge in [-0.25, -0.2) is 4.98 Å². The molecule has 0 aliphatic rings. The highest BCUT2D eigenvalue weighted by atomic mass is 16.5. The van der Waals surface area contributed by atoms with E-state index >= 15 is 0 Å². The average Bonchev–Trinajstić information content (AvgIpc) is 2.75. The topological polar surface area (TPSA) is 77.8 Å². The van der Waals surface area contributed by atoms with Gasteiger partial charge in [-0.05, 0) is 24.5 Å². The molecule has 2 heterocycles. The van der Waals surface area contributed by atoms with Crippen LogP contribution in [-0.4, -0.2) is 15.1 Å². The number of aromatic nitrogens is 3. The number of hydrogen-bond donors (Lipinski definition) is 1. The Morgan fingerprint density at radius 2 is 1.94 bits per heavy atom. The molecule has 0 aliphatic heterocycles. The van der Waals surface area contributed by atoms with E-state index in [4.69, 9.17) is 10.3 Å². The van der Waals surface area contributed by atoms with Crippen molar-refractivity contribution in [3.05, 3.63) is 29.8 Å². The average molecular weight is 246 g/mol. The van der Waals surface area contributed by atoms with Crippen molar-refractivity contribution in [2.24, 2.45) is 11.1 Å². The van der Waals surface area contributed by atoms with Gasteiger partial charge in [0.25, 0.3) is 0 Å². The molecule has 5 heteroatoms. The van der Waals surface area contributed by atoms with Gasteiger partial charge < -0.3 is 10.3 Å². The summed E-state index contributed by atoms with van der Waals surface area (Å²) in [6.45, 7) is 8.02. The lowest BCUT2D eigenvalue weighted by Crippen LogP contribution is -2.26. The van der Waals surface area contributed by atoms with Crippen molar-refractivity contribution < 1.29 is 4.52 Å². The van der Waals surface area contributed by atoms with Gasteiger partial charge in [0.05, 0.1) is 6.04 Å². The third-order valence-corrected chi connectivity index (χ3v) is 2.76. The molecule has 96 valence electrons. The molecule has 2 aromatic heterocycles. The minimum Gasteiger partial charge on any atom is -0.337 e. The minimum absolute atomic E-state index is 0.121. The van der Waals surface area contributed by atoms with Crippen molar-refractivity contribution >= 4 is 0 Å². The predicted molar refractivity (Wildman–Crippen MR) is 68.6 cm³/mol. The highest BCUT2D eigenvalue weighted by Gasteiger charge is 2.27. The maximum atomic E-state index is 6.08. The van der Waals surface area contributed by atoms with Crippen LogP contribution in [0.1, 0.15) is 38.4 Å². The lowest BCUT2D eigenvalue weighted by atomic mass is 9.87. The molecule has 0 saturated carbocycles. The molecule has 0 spiro atoms. The Hall–Kier alpha value is -1.75. The van der Waals surface area contributed by atoms with Gasteiger partial charge in [-0.15, -0.1) is 0 Å². The van der Waals surface area contributed by atoms with Crippen molar-refractivity contribution in [3.8, 4) is 11.5 Å². The van der Waals surface area contributed by atoms with Crippen LogP contribution in [0.3, 0.4) is 0 Å². The fraction of sp³-hybridized carbons (Fsp3) is 0.462. The molecule has 0 radical (unpaired) electrons. The van der Waals surface area contributed by atoms with Crippen LogP contribution in [0.4, 0.5) is 0 Å². The van der Waals surface area contributed by atoms with E-state index in [0.717, 1.165) is 5.69 Å². The molecule has 0 aromatic carbocycles. The van der Waals surface area contributed by atoms with Crippen molar-refractivity contribution in [3.63, 3.8) is 0 Å². The summed E-state index contributed by atoms with van der Waals surface area (Å²) in [4.78, 5) is 8.68. The lowest BCUT2D eigenvalue weighted by molar-refractivity contribution is 0.253. The Bertz CT molecular complexity index is 542. The van der Waals surface area contributed by atoms with E-state index in [-0.39, 0.29) is 11.5 Å². The van der Waals surface area contributed by atoms with E-state index in [9.17, 15) is 0 Å². The normalized spacial score (nSPS) is 13.6. The fourth-order valence-electron chi connectivity index (χ4n) is 1.50. The molecular weight excluding hydrogens is 228 g/mol. The van der Waals surface area contributed by atoms with E-state index in [1.165, 1.54) is 0 Å². The number of nitrogens with two attached hydrogens (primary N) is 1. The first kappa shape index (κ1) is 12.7. The first-order valence-corrected chi connectivity index (χ1v) is 5.91. The number of aryl methyl sites for hydroxylation is 1. The van der Waals surface area contributed by atoms with Crippen LogP contribution < -0.4 is 5.73 Å². The zero-order valence-corrected chi connectivity index (χ0v) is 11.1. The maximum Gasteiger partial charge on any atom is 0.244 e. The van der Waals surface area contributed by atoms with E-state index in [2.05, 4.69) is 15.1 Å². The first-order valence-electron chi connectivity index (χ1n) is 5.91. The van der Waals surface area contributed by atoms with Gasteiger partial charge in [-0.1, -0.05) is 32.0 Å². The summed E-state index contributed by atoms with van der Waals surface area (Å²) in [5.41, 5.74) is 7.57. The molecule has 18 heavy (non-hydrogen) atoms. The SMILES string of the molecule is Cc1cccc(-c2noc([C@@H](N)C(C)(C)C)n2)n1. The summed E-state index contributed by atoms with van der Waals surface area (Å²) < 4.78 is 5.22. The fourth-order valence-corrected chi connectivity index (χ4v) is 1.50. The van der Waals surface area contributed by atoms with Crippen LogP contribution in [0, 0.1) is 12.3 Å². The Kier molecular flexibility index (Phi) is 3.17. The molecule has 0 aliphatic carbocycles. The zero-order chi connectivity index (χ0) is 13.3. The number of pyridine rings is 1. The van der Waals surface area contributed by atoms with Crippen LogP contribution >= 0.6 is 0 Å². The second-order valence-corrected chi connectivity index (χ2v) is 5.46. The summed E-state index contributed by atoms with van der Waals surface area (Å²) >= 11 is 0. The molecule has 0 fully saturated rings. The van der Waals surface area contributed by atoms with Gasteiger partial charge in [0.15, 0.2) is 0 Å². The Labute approximate surface area is 106 Å². The molecule has 2 rings (SSSR count). The molecular formula is C13H18N4O. The number of nitrogens with zero attached hydrogens (tertiary/aromatic N) is 3. The molecule has 0 saturated heterocycles. The van der Waals surface area contributed by atoms with Gasteiger partial charge in [0.2, 0.25) is 11.7 Å². The Morgan fingerprint density at radius 3 is 2.56 bits per heavy atom. The maximum absolute atomic E-state index is 6.08. The zero-order valence-electron chi connectivity index (χ0n) is 11.1. The van der Waals surface area contributed by atoms with Crippen LogP contribution in [-0.2, 0) is 0 Å². The van der Waals surface area contributed by atoms with E-state index < -0.39 is 0 Å². The van der Waals surface area contributed by atoms with Crippen molar-refractivity contribution in [2.45, 2.75) is 33.7 Å². The predicted octanol–water partition coefficient (Wildman–Crippen LogP) is 2.49. The largest absolute Gasteiger partial charge is 0.337 e. The summed E-state index contributed by atoms with van der Waals surface area (Å²) in [6, 6.07) is 5.40. The molecule has 0 bridgehead atoms. The summed E-state index contributed by atoms with van der Waals surface area (Å²) in [7, 11) is 0. The second-order valence-electron chi connectivity index (χ2n) is 5.46. The third kappa shape index (κ3) is 2.56. The summed E-state index contributed by atoms with van der Waals surface area (Å²) in [5, 5.41) is 3.93. The quantitative estimate of drug-likeness (QED) is 0.880. The highest BCUT2D eigenvalue weighted by Crippen LogP contribution is 2.30. The number of rotatable bonds is 2. The molecule has 5 nitrogen and oxygen atoms in total. The van der Waals surface area contributed by atoms with Crippen molar-refractivity contribution in [2.75, 3.05) is 0 Å². The highest BCUT2D eigenvalue weighted by molar-refractivity contribution is 5.48. The molecule has 0 unspecified atom stereocenters. The molecule has 2 aromatic rings. The third-order valence-electron chi connectivity index (χ3n) is 2.76. The second kappa shape index (κ2) is 4.49.